The number of carbonyl (C=O) groups excluding carboxylic acids is 1. The van der Waals surface area contributed by atoms with E-state index in [1.165, 1.54) is 12.1 Å². The van der Waals surface area contributed by atoms with Crippen LogP contribution in [0.5, 0.6) is 5.88 Å². The van der Waals surface area contributed by atoms with E-state index < -0.39 is 0 Å². The predicted molar refractivity (Wildman–Crippen MR) is 93.2 cm³/mol. The van der Waals surface area contributed by atoms with Gasteiger partial charge >= 0.3 is 0 Å². The summed E-state index contributed by atoms with van der Waals surface area (Å²) in [6.07, 6.45) is 2.91. The van der Waals surface area contributed by atoms with E-state index in [-0.39, 0.29) is 29.7 Å². The lowest BCUT2D eigenvalue weighted by molar-refractivity contribution is -0.166. The number of ether oxygens (including phenoxy) is 2. The van der Waals surface area contributed by atoms with Crippen LogP contribution in [0.15, 0.2) is 48.7 Å². The Kier molecular flexibility index (Phi) is 4.59. The number of likely N-dealkylation sites (tertiary alicyclic amines) is 1. The van der Waals surface area contributed by atoms with Gasteiger partial charge in [0.25, 0.3) is 0 Å². The van der Waals surface area contributed by atoms with Crippen molar-refractivity contribution in [2.45, 2.75) is 18.4 Å². The molecule has 0 aliphatic carbocycles. The summed E-state index contributed by atoms with van der Waals surface area (Å²) in [6, 6.07) is 11.6. The third kappa shape index (κ3) is 3.42. The molecule has 26 heavy (non-hydrogen) atoms. The Balaban J connectivity index is 1.31. The Morgan fingerprint density at radius 3 is 2.81 bits per heavy atom. The van der Waals surface area contributed by atoms with Gasteiger partial charge in [0.2, 0.25) is 11.8 Å². The molecular formula is C20H21FN2O3. The minimum atomic E-state index is -0.298. The highest BCUT2D eigenvalue weighted by Gasteiger charge is 2.54. The van der Waals surface area contributed by atoms with E-state index in [4.69, 9.17) is 9.47 Å². The molecule has 3 heterocycles. The summed E-state index contributed by atoms with van der Waals surface area (Å²) in [5.74, 6) is 0.610. The van der Waals surface area contributed by atoms with Crippen LogP contribution in [-0.4, -0.2) is 47.7 Å². The lowest BCUT2D eigenvalue weighted by Gasteiger charge is -2.50. The van der Waals surface area contributed by atoms with Gasteiger partial charge < -0.3 is 14.4 Å². The van der Waals surface area contributed by atoms with Crippen molar-refractivity contribution in [3.8, 4) is 5.88 Å². The Morgan fingerprint density at radius 2 is 2.08 bits per heavy atom. The van der Waals surface area contributed by atoms with E-state index >= 15 is 0 Å². The third-order valence-electron chi connectivity index (χ3n) is 5.21. The first-order valence-electron chi connectivity index (χ1n) is 8.85. The van der Waals surface area contributed by atoms with E-state index in [1.807, 2.05) is 23.1 Å². The fraction of sp³-hybridized carbons (Fsp3) is 0.400. The van der Waals surface area contributed by atoms with Gasteiger partial charge in [0.1, 0.15) is 11.4 Å². The van der Waals surface area contributed by atoms with Crippen molar-refractivity contribution in [1.82, 2.24) is 9.88 Å². The maximum atomic E-state index is 13.0. The molecule has 1 atom stereocenters. The number of rotatable bonds is 5. The fourth-order valence-corrected chi connectivity index (χ4v) is 3.65. The molecule has 0 saturated carbocycles. The van der Waals surface area contributed by atoms with E-state index in [1.54, 1.807) is 18.3 Å². The molecule has 2 fully saturated rings. The lowest BCUT2D eigenvalue weighted by Crippen LogP contribution is -2.67. The molecule has 5 nitrogen and oxygen atoms in total. The molecular weight excluding hydrogens is 335 g/mol. The van der Waals surface area contributed by atoms with E-state index in [9.17, 15) is 9.18 Å². The van der Waals surface area contributed by atoms with E-state index in [0.717, 1.165) is 12.0 Å². The number of halogens is 1. The molecule has 0 N–H and O–H groups in total. The first kappa shape index (κ1) is 17.0. The van der Waals surface area contributed by atoms with Crippen molar-refractivity contribution in [3.05, 3.63) is 60.0 Å². The molecule has 136 valence electrons. The molecule has 1 amide bonds. The van der Waals surface area contributed by atoms with Crippen LogP contribution in [0.1, 0.15) is 12.0 Å². The highest BCUT2D eigenvalue weighted by molar-refractivity contribution is 5.80. The van der Waals surface area contributed by atoms with Crippen LogP contribution in [0, 0.1) is 11.7 Å². The highest BCUT2D eigenvalue weighted by Crippen LogP contribution is 2.40. The molecule has 1 aromatic carbocycles. The van der Waals surface area contributed by atoms with Gasteiger partial charge in [-0.3, -0.25) is 4.79 Å². The number of benzene rings is 1. The Morgan fingerprint density at radius 1 is 1.27 bits per heavy atom. The number of pyridine rings is 1. The van der Waals surface area contributed by atoms with E-state index in [2.05, 4.69) is 4.98 Å². The van der Waals surface area contributed by atoms with Gasteiger partial charge in [0.15, 0.2) is 0 Å². The Hall–Kier alpha value is -2.47. The molecule has 2 aliphatic heterocycles. The third-order valence-corrected chi connectivity index (χ3v) is 5.21. The molecule has 2 aliphatic rings. The zero-order valence-corrected chi connectivity index (χ0v) is 14.4. The van der Waals surface area contributed by atoms with Gasteiger partial charge in [-0.05, 0) is 30.2 Å². The average Bonchev–Trinajstić information content (AvgIpc) is 3.05. The van der Waals surface area contributed by atoms with Crippen LogP contribution >= 0.6 is 0 Å². The smallest absolute Gasteiger partial charge is 0.227 e. The first-order chi connectivity index (χ1) is 12.6. The molecule has 6 heteroatoms. The van der Waals surface area contributed by atoms with Gasteiger partial charge in [0, 0.05) is 24.8 Å². The summed E-state index contributed by atoms with van der Waals surface area (Å²) in [7, 11) is 0. The molecule has 0 bridgehead atoms. The Labute approximate surface area is 151 Å². The van der Waals surface area contributed by atoms with Crippen molar-refractivity contribution in [3.63, 3.8) is 0 Å². The van der Waals surface area contributed by atoms with Crippen molar-refractivity contribution >= 4 is 5.91 Å². The quantitative estimate of drug-likeness (QED) is 0.826. The molecule has 0 radical (unpaired) electrons. The minimum Gasteiger partial charge on any atom is -0.477 e. The molecule has 1 spiro atoms. The average molecular weight is 356 g/mol. The summed E-state index contributed by atoms with van der Waals surface area (Å²) in [4.78, 5) is 18.4. The van der Waals surface area contributed by atoms with Gasteiger partial charge in [-0.15, -0.1) is 0 Å². The number of aromatic nitrogens is 1. The maximum Gasteiger partial charge on any atom is 0.227 e. The zero-order valence-electron chi connectivity index (χ0n) is 14.4. The number of carbonyl (C=O) groups is 1. The van der Waals surface area contributed by atoms with Crippen LogP contribution in [0.25, 0.3) is 0 Å². The highest BCUT2D eigenvalue weighted by atomic mass is 19.1. The second-order valence-electron chi connectivity index (χ2n) is 6.93. The summed E-state index contributed by atoms with van der Waals surface area (Å²) < 4.78 is 24.7. The van der Waals surface area contributed by atoms with Crippen molar-refractivity contribution in [2.24, 2.45) is 5.92 Å². The van der Waals surface area contributed by atoms with Crippen molar-refractivity contribution < 1.29 is 18.7 Å². The molecule has 2 saturated heterocycles. The van der Waals surface area contributed by atoms with Gasteiger partial charge in [-0.1, -0.05) is 18.2 Å². The summed E-state index contributed by atoms with van der Waals surface area (Å²) in [5.41, 5.74) is 0.521. The standard InChI is InChI=1S/C20H21FN2O3/c21-17-6-4-15(5-7-17)11-19(24)23-13-20(14-23)16(8-10-26-20)12-25-18-3-1-2-9-22-18/h1-7,9,16H,8,10-14H2/t16-/m1/s1. The number of nitrogens with zero attached hydrogens (tertiary/aromatic N) is 2. The predicted octanol–water partition coefficient (Wildman–Crippen LogP) is 2.46. The van der Waals surface area contributed by atoms with E-state index in [0.29, 0.717) is 32.2 Å². The van der Waals surface area contributed by atoms with Crippen LogP contribution in [0.4, 0.5) is 4.39 Å². The molecule has 0 unspecified atom stereocenters. The van der Waals surface area contributed by atoms with Gasteiger partial charge in [-0.25, -0.2) is 9.37 Å². The van der Waals surface area contributed by atoms with Crippen LogP contribution in [-0.2, 0) is 16.0 Å². The van der Waals surface area contributed by atoms with Crippen LogP contribution in [0.2, 0.25) is 0 Å². The minimum absolute atomic E-state index is 0.0436. The van der Waals surface area contributed by atoms with Gasteiger partial charge in [0.05, 0.1) is 26.1 Å². The fourth-order valence-electron chi connectivity index (χ4n) is 3.65. The van der Waals surface area contributed by atoms with Crippen molar-refractivity contribution in [2.75, 3.05) is 26.3 Å². The van der Waals surface area contributed by atoms with Gasteiger partial charge in [-0.2, -0.15) is 0 Å². The van der Waals surface area contributed by atoms with Crippen LogP contribution in [0.3, 0.4) is 0 Å². The molecule has 2 aromatic rings. The van der Waals surface area contributed by atoms with Crippen molar-refractivity contribution in [1.29, 1.82) is 0 Å². The number of amides is 1. The first-order valence-corrected chi connectivity index (χ1v) is 8.85. The summed E-state index contributed by atoms with van der Waals surface area (Å²) >= 11 is 0. The Bertz CT molecular complexity index is 760. The second-order valence-corrected chi connectivity index (χ2v) is 6.93. The zero-order chi connectivity index (χ0) is 18.0. The molecule has 4 rings (SSSR count). The van der Waals surface area contributed by atoms with Crippen LogP contribution < -0.4 is 4.74 Å². The summed E-state index contributed by atoms with van der Waals surface area (Å²) in [6.45, 7) is 2.40. The number of hydrogen-bond donors (Lipinski definition) is 0. The number of hydrogen-bond acceptors (Lipinski definition) is 4. The largest absolute Gasteiger partial charge is 0.477 e. The maximum absolute atomic E-state index is 13.0. The topological polar surface area (TPSA) is 51.7 Å². The summed E-state index contributed by atoms with van der Waals surface area (Å²) in [5, 5.41) is 0. The second kappa shape index (κ2) is 7.03. The normalized spacial score (nSPS) is 20.8. The SMILES string of the molecule is O=C(Cc1ccc(F)cc1)N1CC2(C1)OCC[C@@H]2COc1ccccn1. The monoisotopic (exact) mass is 356 g/mol. The lowest BCUT2D eigenvalue weighted by atomic mass is 9.81. The molecule has 1 aromatic heterocycles.